The van der Waals surface area contributed by atoms with E-state index in [9.17, 15) is 28.8 Å². The number of fused-ring (bicyclic) bond motifs is 1. The number of carbonyl (C=O) groups is 6. The highest BCUT2D eigenvalue weighted by Crippen LogP contribution is 2.24. The van der Waals surface area contributed by atoms with Gasteiger partial charge in [-0.3, -0.25) is 28.8 Å². The Kier molecular flexibility index (Phi) is 21.7. The zero-order valence-corrected chi connectivity index (χ0v) is 35.2. The molecular weight excluding hydrogens is 887 g/mol. The van der Waals surface area contributed by atoms with E-state index in [1.165, 1.54) is 13.2 Å². The lowest BCUT2D eigenvalue weighted by atomic mass is 10.0. The van der Waals surface area contributed by atoms with Gasteiger partial charge in [-0.1, -0.05) is 93.9 Å². The van der Waals surface area contributed by atoms with Gasteiger partial charge >= 0.3 is 11.9 Å². The molecule has 0 amide bonds. The molecule has 302 valence electrons. The van der Waals surface area contributed by atoms with Crippen LogP contribution in [0.2, 0.25) is 30.1 Å². The van der Waals surface area contributed by atoms with Crippen molar-refractivity contribution in [3.63, 3.8) is 0 Å². The number of aromatic amines is 1. The zero-order valence-electron chi connectivity index (χ0n) is 29.9. The highest BCUT2D eigenvalue weighted by molar-refractivity contribution is 6.64. The Bertz CT molecular complexity index is 2180. The van der Waals surface area contributed by atoms with Gasteiger partial charge in [-0.2, -0.15) is 0 Å². The van der Waals surface area contributed by atoms with Crippen LogP contribution in [0, 0.1) is 0 Å². The first-order valence-electron chi connectivity index (χ1n) is 16.4. The van der Waals surface area contributed by atoms with Crippen molar-refractivity contribution in [1.82, 2.24) is 9.97 Å². The Morgan fingerprint density at radius 1 is 0.684 bits per heavy atom. The number of aliphatic carboxylic acids is 1. The lowest BCUT2D eigenvalue weighted by Crippen LogP contribution is -2.11. The maximum absolute atomic E-state index is 12.1. The SMILES string of the molecule is COC(=O)CC(=O)Cl.Nc1ccc(Cl)cc1Cl.O=C(CCc1nc2ccccc2[nH]1)CC(=O)Cc1ccc(Cl)cc1Cl.O=C(O)CC(=O)Cc1ccc(Cl)cc1Cl. The van der Waals surface area contributed by atoms with Crippen LogP contribution in [0.1, 0.15) is 42.6 Å². The van der Waals surface area contributed by atoms with Crippen molar-refractivity contribution in [1.29, 1.82) is 0 Å². The molecule has 57 heavy (non-hydrogen) atoms. The fourth-order valence-corrected chi connectivity index (χ4v) is 5.89. The first-order valence-corrected chi connectivity index (χ1v) is 19.0. The van der Waals surface area contributed by atoms with Crippen molar-refractivity contribution in [2.75, 3.05) is 12.8 Å². The summed E-state index contributed by atoms with van der Waals surface area (Å²) in [5.74, 6) is -1.63. The van der Waals surface area contributed by atoms with Gasteiger partial charge in [0, 0.05) is 50.8 Å². The van der Waals surface area contributed by atoms with Gasteiger partial charge in [-0.25, -0.2) is 4.98 Å². The molecule has 0 bridgehead atoms. The van der Waals surface area contributed by atoms with E-state index in [2.05, 4.69) is 14.7 Å². The molecular formula is C39H34Cl7N3O8. The van der Waals surface area contributed by atoms with Crippen LogP contribution in [-0.4, -0.2) is 56.7 Å². The number of nitrogen functional groups attached to an aromatic ring is 1. The van der Waals surface area contributed by atoms with E-state index in [4.69, 9.17) is 92.0 Å². The second kappa shape index (κ2) is 25.2. The van der Waals surface area contributed by atoms with Crippen LogP contribution in [0.25, 0.3) is 11.0 Å². The number of para-hydroxylation sites is 2. The van der Waals surface area contributed by atoms with Gasteiger partial charge in [-0.15, -0.1) is 0 Å². The quantitative estimate of drug-likeness (QED) is 0.0444. The molecule has 1 heterocycles. The number of carboxylic acids is 1. The number of methoxy groups -OCH3 is 1. The lowest BCUT2D eigenvalue weighted by molar-refractivity contribution is -0.142. The number of rotatable bonds is 13. The van der Waals surface area contributed by atoms with E-state index in [0.29, 0.717) is 53.4 Å². The average Bonchev–Trinajstić information content (AvgIpc) is 3.55. The smallest absolute Gasteiger partial charge is 0.314 e. The number of carboxylic acid groups (broad SMARTS) is 1. The molecule has 0 unspecified atom stereocenters. The number of nitrogens with zero attached hydrogens (tertiary/aromatic N) is 1. The van der Waals surface area contributed by atoms with Gasteiger partial charge in [0.05, 0.1) is 35.3 Å². The number of H-pyrrole nitrogens is 1. The molecule has 0 aliphatic rings. The first kappa shape index (κ1) is 48.9. The van der Waals surface area contributed by atoms with Gasteiger partial charge in [0.2, 0.25) is 5.24 Å². The van der Waals surface area contributed by atoms with Gasteiger partial charge in [-0.05, 0) is 77.3 Å². The summed E-state index contributed by atoms with van der Waals surface area (Å²) in [4.78, 5) is 73.2. The van der Waals surface area contributed by atoms with E-state index in [-0.39, 0.29) is 49.5 Å². The number of aryl methyl sites for hydroxylation is 1. The number of anilines is 1. The number of nitrogens with two attached hydrogens (primary N) is 1. The fraction of sp³-hybridized carbons (Fsp3) is 0.205. The third-order valence-electron chi connectivity index (χ3n) is 7.10. The van der Waals surface area contributed by atoms with Crippen LogP contribution in [0.15, 0.2) is 78.9 Å². The highest BCUT2D eigenvalue weighted by Gasteiger charge is 2.14. The van der Waals surface area contributed by atoms with Crippen molar-refractivity contribution < 1.29 is 38.6 Å². The third-order valence-corrected chi connectivity index (χ3v) is 8.97. The van der Waals surface area contributed by atoms with Crippen LogP contribution < -0.4 is 5.73 Å². The number of halogens is 7. The minimum atomic E-state index is -1.13. The first-order chi connectivity index (χ1) is 26.9. The number of Topliss-reactive ketones (excluding diaryl/α,β-unsaturated/α-hetero) is 3. The van der Waals surface area contributed by atoms with Crippen LogP contribution >= 0.6 is 81.2 Å². The van der Waals surface area contributed by atoms with E-state index in [1.807, 2.05) is 24.3 Å². The number of aromatic nitrogens is 2. The number of hydrogen-bond donors (Lipinski definition) is 3. The molecule has 4 aromatic carbocycles. The maximum atomic E-state index is 12.1. The Hall–Kier alpha value is -4.20. The molecule has 0 spiro atoms. The molecule has 0 saturated heterocycles. The summed E-state index contributed by atoms with van der Waals surface area (Å²) in [5.41, 5.74) is 9.04. The largest absolute Gasteiger partial charge is 0.481 e. The second-order valence-corrected chi connectivity index (χ2v) is 14.6. The predicted molar refractivity (Wildman–Crippen MR) is 225 cm³/mol. The molecule has 4 N–H and O–H groups in total. The normalized spacial score (nSPS) is 10.1. The molecule has 0 saturated carbocycles. The summed E-state index contributed by atoms with van der Waals surface area (Å²) in [7, 11) is 1.20. The Morgan fingerprint density at radius 2 is 1.19 bits per heavy atom. The van der Waals surface area contributed by atoms with Crippen LogP contribution in [-0.2, 0) is 52.8 Å². The lowest BCUT2D eigenvalue weighted by Gasteiger charge is -2.04. The molecule has 0 fully saturated rings. The molecule has 11 nitrogen and oxygen atoms in total. The number of ketones is 3. The van der Waals surface area contributed by atoms with E-state index < -0.39 is 23.6 Å². The summed E-state index contributed by atoms with van der Waals surface area (Å²) in [6.45, 7) is 0. The zero-order chi connectivity index (χ0) is 42.7. The molecule has 0 atom stereocenters. The number of imidazole rings is 1. The van der Waals surface area contributed by atoms with Crippen molar-refractivity contribution in [2.45, 2.75) is 44.9 Å². The second-order valence-electron chi connectivity index (χ2n) is 11.7. The van der Waals surface area contributed by atoms with Crippen LogP contribution in [0.4, 0.5) is 5.69 Å². The average molecular weight is 921 g/mol. The summed E-state index contributed by atoms with van der Waals surface area (Å²) >= 11 is 39.4. The number of nitrogens with one attached hydrogen (secondary N) is 1. The topological polar surface area (TPSA) is 187 Å². The Labute approximate surface area is 362 Å². The van der Waals surface area contributed by atoms with Crippen molar-refractivity contribution in [2.24, 2.45) is 0 Å². The number of ether oxygens (including phenoxy) is 1. The summed E-state index contributed by atoms with van der Waals surface area (Å²) in [6.07, 6.45) is -0.0206. The van der Waals surface area contributed by atoms with E-state index in [1.54, 1.807) is 48.5 Å². The third kappa shape index (κ3) is 19.7. The standard InChI is InChI=1S/C19H16Cl2N2O2.C10H8Cl2O3.C6H5Cl2N.C4H5ClO3/c20-13-6-5-12(16(21)10-13)9-15(25)11-14(24)7-8-19-22-17-3-1-2-4-18(17)23-19;11-7-2-1-6(9(12)4-7)3-8(13)5-10(14)15;7-4-1-2-6(9)5(8)3-4;1-8-4(7)2-3(5)6/h1-6,10H,7-9,11H2,(H,22,23);1-2,4H,3,5H2,(H,14,15);1-3H,9H2;2H2,1H3. The fourth-order valence-electron chi connectivity index (χ4n) is 4.43. The van der Waals surface area contributed by atoms with Crippen molar-refractivity contribution >= 4 is 132 Å². The van der Waals surface area contributed by atoms with Gasteiger partial charge in [0.25, 0.3) is 0 Å². The van der Waals surface area contributed by atoms with E-state index in [0.717, 1.165) is 16.9 Å². The van der Waals surface area contributed by atoms with Crippen LogP contribution in [0.3, 0.4) is 0 Å². The number of esters is 1. The molecule has 0 radical (unpaired) electrons. The minimum absolute atomic E-state index is 0.0162. The molecule has 0 aliphatic heterocycles. The maximum Gasteiger partial charge on any atom is 0.314 e. The number of hydrogen-bond acceptors (Lipinski definition) is 9. The summed E-state index contributed by atoms with van der Waals surface area (Å²) < 4.78 is 4.12. The van der Waals surface area contributed by atoms with Gasteiger partial charge < -0.3 is 20.6 Å². The molecule has 0 aliphatic carbocycles. The van der Waals surface area contributed by atoms with Crippen molar-refractivity contribution in [3.8, 4) is 0 Å². The predicted octanol–water partition coefficient (Wildman–Crippen LogP) is 10.0. The summed E-state index contributed by atoms with van der Waals surface area (Å²) in [6, 6.07) is 22.4. The van der Waals surface area contributed by atoms with Crippen LogP contribution in [0.5, 0.6) is 0 Å². The van der Waals surface area contributed by atoms with E-state index >= 15 is 0 Å². The molecule has 1 aromatic heterocycles. The Balaban J connectivity index is 0.000000296. The molecule has 5 aromatic rings. The molecule has 5 rings (SSSR count). The number of benzene rings is 4. The minimum Gasteiger partial charge on any atom is -0.481 e. The highest BCUT2D eigenvalue weighted by atomic mass is 35.5. The summed E-state index contributed by atoms with van der Waals surface area (Å²) in [5, 5.41) is 10.6. The Morgan fingerprint density at radius 3 is 1.63 bits per heavy atom. The van der Waals surface area contributed by atoms with Gasteiger partial charge in [0.1, 0.15) is 36.0 Å². The van der Waals surface area contributed by atoms with Crippen molar-refractivity contribution in [3.05, 3.63) is 126 Å². The monoisotopic (exact) mass is 917 g/mol. The van der Waals surface area contributed by atoms with Gasteiger partial charge in [0.15, 0.2) is 0 Å². The number of carbonyl (C=O) groups excluding carboxylic acids is 5. The molecule has 18 heteroatoms.